The van der Waals surface area contributed by atoms with Gasteiger partial charge < -0.3 is 4.74 Å². The standard InChI is InChI=1S/C10H16OSSi/c1-11-9-7-5-6-8-10(9)12-13(2,3)4/h5-8H,1-4H3. The number of rotatable bonds is 3. The third-order valence-corrected chi connectivity index (χ3v) is 5.15. The van der Waals surface area contributed by atoms with Crippen molar-refractivity contribution >= 4 is 18.4 Å². The molecular weight excluding hydrogens is 196 g/mol. The lowest BCUT2D eigenvalue weighted by Gasteiger charge is -2.17. The molecule has 0 atom stereocenters. The van der Waals surface area contributed by atoms with E-state index < -0.39 is 7.22 Å². The van der Waals surface area contributed by atoms with Crippen LogP contribution in [0.25, 0.3) is 0 Å². The van der Waals surface area contributed by atoms with Crippen LogP contribution in [-0.2, 0) is 0 Å². The number of para-hydroxylation sites is 1. The zero-order valence-electron chi connectivity index (χ0n) is 8.63. The first-order chi connectivity index (χ1) is 6.03. The van der Waals surface area contributed by atoms with Gasteiger partial charge in [-0.15, -0.1) is 11.2 Å². The molecule has 0 fully saturated rings. The SMILES string of the molecule is COc1ccccc1S[Si](C)(C)C. The molecule has 0 amide bonds. The van der Waals surface area contributed by atoms with Gasteiger partial charge in [-0.25, -0.2) is 0 Å². The molecule has 1 aromatic carbocycles. The Hall–Kier alpha value is -0.413. The molecule has 0 N–H and O–H groups in total. The van der Waals surface area contributed by atoms with E-state index in [2.05, 4.69) is 31.8 Å². The minimum absolute atomic E-state index is 0.995. The van der Waals surface area contributed by atoms with E-state index in [-0.39, 0.29) is 0 Å². The zero-order valence-corrected chi connectivity index (χ0v) is 10.4. The van der Waals surface area contributed by atoms with E-state index in [0.717, 1.165) is 5.75 Å². The summed E-state index contributed by atoms with van der Waals surface area (Å²) in [4.78, 5) is 1.27. The molecular formula is C10H16OSSi. The van der Waals surface area contributed by atoms with Crippen molar-refractivity contribution in [2.75, 3.05) is 7.11 Å². The van der Waals surface area contributed by atoms with Crippen LogP contribution in [-0.4, -0.2) is 14.3 Å². The summed E-state index contributed by atoms with van der Waals surface area (Å²) in [6, 6.07) is 8.21. The van der Waals surface area contributed by atoms with Crippen LogP contribution in [0.15, 0.2) is 29.2 Å². The summed E-state index contributed by atoms with van der Waals surface area (Å²) in [6.45, 7) is 7.01. The third-order valence-electron chi connectivity index (χ3n) is 1.49. The number of ether oxygens (including phenoxy) is 1. The van der Waals surface area contributed by atoms with Gasteiger partial charge in [0.05, 0.1) is 7.11 Å². The largest absolute Gasteiger partial charge is 0.496 e. The molecule has 0 spiro atoms. The van der Waals surface area contributed by atoms with Gasteiger partial charge in [-0.2, -0.15) is 0 Å². The monoisotopic (exact) mass is 212 g/mol. The molecule has 1 rings (SSSR count). The van der Waals surface area contributed by atoms with Crippen LogP contribution in [0.2, 0.25) is 19.6 Å². The number of methoxy groups -OCH3 is 1. The zero-order chi connectivity index (χ0) is 9.90. The van der Waals surface area contributed by atoms with E-state index in [1.165, 1.54) is 4.90 Å². The van der Waals surface area contributed by atoms with E-state index in [4.69, 9.17) is 4.74 Å². The first kappa shape index (κ1) is 10.7. The molecule has 0 unspecified atom stereocenters. The molecule has 0 aliphatic heterocycles. The maximum Gasteiger partial charge on any atom is 0.131 e. The molecule has 0 radical (unpaired) electrons. The fourth-order valence-corrected chi connectivity index (χ4v) is 4.58. The van der Waals surface area contributed by atoms with Crippen LogP contribution in [0.5, 0.6) is 5.75 Å². The maximum absolute atomic E-state index is 5.29. The summed E-state index contributed by atoms with van der Waals surface area (Å²) in [5.41, 5.74) is 0. The van der Waals surface area contributed by atoms with E-state index >= 15 is 0 Å². The van der Waals surface area contributed by atoms with Crippen LogP contribution in [0, 0.1) is 0 Å². The molecule has 0 bridgehead atoms. The first-order valence-corrected chi connectivity index (χ1v) is 9.39. The quantitative estimate of drug-likeness (QED) is 0.708. The van der Waals surface area contributed by atoms with E-state index in [1.54, 1.807) is 7.11 Å². The third kappa shape index (κ3) is 3.44. The van der Waals surface area contributed by atoms with Crippen LogP contribution in [0.4, 0.5) is 0 Å². The molecule has 1 nitrogen and oxygen atoms in total. The fraction of sp³-hybridized carbons (Fsp3) is 0.400. The second-order valence-corrected chi connectivity index (χ2v) is 13.0. The topological polar surface area (TPSA) is 9.23 Å². The van der Waals surface area contributed by atoms with Crippen LogP contribution in [0.1, 0.15) is 0 Å². The fourth-order valence-electron chi connectivity index (χ4n) is 1.03. The van der Waals surface area contributed by atoms with Crippen molar-refractivity contribution in [2.24, 2.45) is 0 Å². The molecule has 13 heavy (non-hydrogen) atoms. The molecule has 0 aromatic heterocycles. The molecule has 3 heteroatoms. The Kier molecular flexibility index (Phi) is 3.45. The molecule has 0 heterocycles. The highest BCUT2D eigenvalue weighted by Gasteiger charge is 2.16. The van der Waals surface area contributed by atoms with E-state index in [0.29, 0.717) is 0 Å². The Balaban J connectivity index is 2.87. The predicted octanol–water partition coefficient (Wildman–Crippen LogP) is 3.62. The van der Waals surface area contributed by atoms with Crippen molar-refractivity contribution in [3.8, 4) is 5.75 Å². The smallest absolute Gasteiger partial charge is 0.131 e. The lowest BCUT2D eigenvalue weighted by molar-refractivity contribution is 0.405. The van der Waals surface area contributed by atoms with Gasteiger partial charge in [0.25, 0.3) is 0 Å². The van der Waals surface area contributed by atoms with Gasteiger partial charge in [0.1, 0.15) is 13.0 Å². The minimum atomic E-state index is -1.11. The second-order valence-electron chi connectivity index (χ2n) is 3.87. The number of hydrogen-bond donors (Lipinski definition) is 0. The Morgan fingerprint density at radius 3 is 2.31 bits per heavy atom. The number of benzene rings is 1. The van der Waals surface area contributed by atoms with Gasteiger partial charge >= 0.3 is 0 Å². The summed E-state index contributed by atoms with van der Waals surface area (Å²) < 4.78 is 5.29. The Morgan fingerprint density at radius 2 is 1.77 bits per heavy atom. The van der Waals surface area contributed by atoms with Crippen LogP contribution < -0.4 is 4.74 Å². The summed E-state index contributed by atoms with van der Waals surface area (Å²) in [7, 11) is 0.617. The molecule has 0 saturated carbocycles. The average molecular weight is 212 g/mol. The number of hydrogen-bond acceptors (Lipinski definition) is 2. The van der Waals surface area contributed by atoms with Crippen LogP contribution >= 0.6 is 11.2 Å². The maximum atomic E-state index is 5.29. The van der Waals surface area contributed by atoms with Gasteiger partial charge in [0, 0.05) is 4.90 Å². The Morgan fingerprint density at radius 1 is 1.15 bits per heavy atom. The molecule has 1 aromatic rings. The normalized spacial score (nSPS) is 11.4. The summed E-state index contributed by atoms with van der Waals surface area (Å²) in [6.07, 6.45) is 0. The van der Waals surface area contributed by atoms with Crippen molar-refractivity contribution in [3.63, 3.8) is 0 Å². The minimum Gasteiger partial charge on any atom is -0.496 e. The van der Waals surface area contributed by atoms with Gasteiger partial charge in [-0.05, 0) is 12.1 Å². The van der Waals surface area contributed by atoms with E-state index in [9.17, 15) is 0 Å². The molecule has 72 valence electrons. The Labute approximate surface area is 85.2 Å². The highest BCUT2D eigenvalue weighted by molar-refractivity contribution is 8.28. The van der Waals surface area contributed by atoms with Gasteiger partial charge in [-0.3, -0.25) is 0 Å². The lowest BCUT2D eigenvalue weighted by atomic mass is 10.3. The average Bonchev–Trinajstić information content (AvgIpc) is 2.02. The van der Waals surface area contributed by atoms with Crippen LogP contribution in [0.3, 0.4) is 0 Å². The second kappa shape index (κ2) is 4.20. The van der Waals surface area contributed by atoms with Gasteiger partial charge in [0.2, 0.25) is 0 Å². The predicted molar refractivity (Wildman–Crippen MR) is 62.2 cm³/mol. The van der Waals surface area contributed by atoms with Crippen molar-refractivity contribution < 1.29 is 4.74 Å². The lowest BCUT2D eigenvalue weighted by Crippen LogP contribution is -2.13. The van der Waals surface area contributed by atoms with E-state index in [1.807, 2.05) is 23.3 Å². The van der Waals surface area contributed by atoms with Crippen molar-refractivity contribution in [3.05, 3.63) is 24.3 Å². The van der Waals surface area contributed by atoms with Gasteiger partial charge in [0.15, 0.2) is 0 Å². The molecule has 0 saturated heterocycles. The van der Waals surface area contributed by atoms with Crippen molar-refractivity contribution in [1.82, 2.24) is 0 Å². The Bertz CT molecular complexity index is 280. The van der Waals surface area contributed by atoms with Crippen molar-refractivity contribution in [2.45, 2.75) is 24.5 Å². The first-order valence-electron chi connectivity index (χ1n) is 4.35. The molecule has 0 aliphatic rings. The summed E-state index contributed by atoms with van der Waals surface area (Å²) in [5.74, 6) is 0.995. The van der Waals surface area contributed by atoms with Crippen molar-refractivity contribution in [1.29, 1.82) is 0 Å². The van der Waals surface area contributed by atoms with Gasteiger partial charge in [-0.1, -0.05) is 31.8 Å². The summed E-state index contributed by atoms with van der Waals surface area (Å²) >= 11 is 1.97. The highest BCUT2D eigenvalue weighted by Crippen LogP contribution is 2.35. The highest BCUT2D eigenvalue weighted by atomic mass is 32.4. The molecule has 0 aliphatic carbocycles. The summed E-state index contributed by atoms with van der Waals surface area (Å²) in [5, 5.41) is 0.